The first kappa shape index (κ1) is 29.8. The molecule has 0 radical (unpaired) electrons. The quantitative estimate of drug-likeness (QED) is 0.193. The van der Waals surface area contributed by atoms with Crippen molar-refractivity contribution in [3.63, 3.8) is 0 Å². The van der Waals surface area contributed by atoms with Crippen LogP contribution in [0.3, 0.4) is 0 Å². The Labute approximate surface area is 218 Å². The number of nitrogens with zero attached hydrogens (tertiary/aromatic N) is 1. The SMILES string of the molecule is COc1ccnc(C(=O)C[C@@H](C)C(=O)O[C@@H](C)[C@@H](Cc2ccccc2)OCC(C)C)c1OCOC(C)=O. The van der Waals surface area contributed by atoms with E-state index in [0.29, 0.717) is 18.9 Å². The molecule has 2 rings (SSSR count). The lowest BCUT2D eigenvalue weighted by Crippen LogP contribution is -2.35. The fraction of sp³-hybridized carbons (Fsp3) is 0.500. The molecular weight excluding hydrogens is 478 g/mol. The number of Topliss-reactive ketones (excluding diaryl/α,β-unsaturated/α-hetero) is 1. The minimum absolute atomic E-state index is 0.0265. The number of carbonyl (C=O) groups excluding carboxylic acids is 3. The molecule has 9 nitrogen and oxygen atoms in total. The molecule has 1 aromatic carbocycles. The van der Waals surface area contributed by atoms with Gasteiger partial charge >= 0.3 is 11.9 Å². The Kier molecular flexibility index (Phi) is 12.0. The van der Waals surface area contributed by atoms with Crippen molar-refractivity contribution in [3.05, 3.63) is 53.9 Å². The Morgan fingerprint density at radius 3 is 2.32 bits per heavy atom. The molecule has 202 valence electrons. The number of ether oxygens (including phenoxy) is 5. The van der Waals surface area contributed by atoms with E-state index in [0.717, 1.165) is 5.56 Å². The number of hydrogen-bond acceptors (Lipinski definition) is 9. The fourth-order valence-electron chi connectivity index (χ4n) is 3.46. The molecule has 0 aliphatic carbocycles. The molecule has 9 heteroatoms. The maximum Gasteiger partial charge on any atom is 0.309 e. The van der Waals surface area contributed by atoms with Gasteiger partial charge in [-0.1, -0.05) is 51.1 Å². The van der Waals surface area contributed by atoms with Gasteiger partial charge in [0.15, 0.2) is 23.0 Å². The largest absolute Gasteiger partial charge is 0.493 e. The molecule has 0 N–H and O–H groups in total. The summed E-state index contributed by atoms with van der Waals surface area (Å²) in [6.07, 6.45) is 0.966. The summed E-state index contributed by atoms with van der Waals surface area (Å²) < 4.78 is 27.3. The van der Waals surface area contributed by atoms with Crippen LogP contribution >= 0.6 is 0 Å². The third-order valence-electron chi connectivity index (χ3n) is 5.46. The van der Waals surface area contributed by atoms with Crippen LogP contribution in [0.5, 0.6) is 11.5 Å². The van der Waals surface area contributed by atoms with Gasteiger partial charge in [0, 0.05) is 38.6 Å². The second-order valence-electron chi connectivity index (χ2n) is 9.21. The minimum Gasteiger partial charge on any atom is -0.493 e. The second-order valence-corrected chi connectivity index (χ2v) is 9.21. The summed E-state index contributed by atoms with van der Waals surface area (Å²) in [5, 5.41) is 0. The monoisotopic (exact) mass is 515 g/mol. The minimum atomic E-state index is -0.744. The Morgan fingerprint density at radius 1 is 1.00 bits per heavy atom. The Hall–Kier alpha value is -3.46. The lowest BCUT2D eigenvalue weighted by atomic mass is 10.0. The number of pyridine rings is 1. The number of carbonyl (C=O) groups is 3. The number of ketones is 1. The average Bonchev–Trinajstić information content (AvgIpc) is 2.86. The molecule has 1 heterocycles. The highest BCUT2D eigenvalue weighted by Crippen LogP contribution is 2.31. The number of rotatable bonds is 15. The van der Waals surface area contributed by atoms with Crippen molar-refractivity contribution < 1.29 is 38.1 Å². The van der Waals surface area contributed by atoms with Crippen LogP contribution in [-0.2, 0) is 30.2 Å². The van der Waals surface area contributed by atoms with E-state index >= 15 is 0 Å². The number of benzene rings is 1. The normalized spacial score (nSPS) is 13.4. The maximum absolute atomic E-state index is 13.0. The van der Waals surface area contributed by atoms with Crippen LogP contribution in [0, 0.1) is 11.8 Å². The molecule has 0 saturated heterocycles. The van der Waals surface area contributed by atoms with E-state index in [1.165, 1.54) is 26.3 Å². The first-order valence-corrected chi connectivity index (χ1v) is 12.3. The van der Waals surface area contributed by atoms with Gasteiger partial charge in [0.1, 0.15) is 6.10 Å². The van der Waals surface area contributed by atoms with Crippen molar-refractivity contribution in [3.8, 4) is 11.5 Å². The molecular formula is C28H37NO8. The standard InChI is InChI=1S/C28H37NO8/c1-18(2)16-34-25(15-22-10-8-7-9-11-22)20(4)37-28(32)19(3)14-23(31)26-27(36-17-35-21(5)30)24(33-6)12-13-29-26/h7-13,18-20,25H,14-17H2,1-6H3/t19-,20+,25-/m1/s1. The van der Waals surface area contributed by atoms with Crippen molar-refractivity contribution in [2.45, 2.75) is 59.7 Å². The molecule has 0 unspecified atom stereocenters. The molecule has 0 amide bonds. The van der Waals surface area contributed by atoms with Gasteiger partial charge in [-0.25, -0.2) is 4.98 Å². The molecule has 0 bridgehead atoms. The van der Waals surface area contributed by atoms with Crippen LogP contribution in [0.1, 0.15) is 57.1 Å². The van der Waals surface area contributed by atoms with Crippen molar-refractivity contribution in [2.24, 2.45) is 11.8 Å². The lowest BCUT2D eigenvalue weighted by Gasteiger charge is -2.26. The van der Waals surface area contributed by atoms with E-state index in [-0.39, 0.29) is 29.7 Å². The third kappa shape index (κ3) is 9.84. The fourth-order valence-corrected chi connectivity index (χ4v) is 3.46. The predicted molar refractivity (Wildman–Crippen MR) is 136 cm³/mol. The van der Waals surface area contributed by atoms with Crippen LogP contribution in [0.2, 0.25) is 0 Å². The van der Waals surface area contributed by atoms with Crippen LogP contribution in [0.15, 0.2) is 42.6 Å². The van der Waals surface area contributed by atoms with E-state index < -0.39 is 36.5 Å². The summed E-state index contributed by atoms with van der Waals surface area (Å²) in [4.78, 5) is 41.1. The van der Waals surface area contributed by atoms with Gasteiger partial charge < -0.3 is 23.7 Å². The molecule has 2 aromatic rings. The summed E-state index contributed by atoms with van der Waals surface area (Å²) in [5.74, 6) is -1.63. The molecule has 0 aliphatic heterocycles. The van der Waals surface area contributed by atoms with Crippen LogP contribution in [0.25, 0.3) is 0 Å². The van der Waals surface area contributed by atoms with Gasteiger partial charge in [0.05, 0.1) is 19.1 Å². The maximum atomic E-state index is 13.0. The summed E-state index contributed by atoms with van der Waals surface area (Å²) in [5.41, 5.74) is 1.05. The van der Waals surface area contributed by atoms with E-state index in [9.17, 15) is 14.4 Å². The third-order valence-corrected chi connectivity index (χ3v) is 5.46. The topological polar surface area (TPSA) is 110 Å². The summed E-state index contributed by atoms with van der Waals surface area (Å²) in [6, 6.07) is 11.4. The summed E-state index contributed by atoms with van der Waals surface area (Å²) in [7, 11) is 1.41. The number of esters is 2. The first-order valence-electron chi connectivity index (χ1n) is 12.3. The zero-order valence-corrected chi connectivity index (χ0v) is 22.4. The van der Waals surface area contributed by atoms with Gasteiger partial charge in [-0.2, -0.15) is 0 Å². The van der Waals surface area contributed by atoms with E-state index in [2.05, 4.69) is 18.8 Å². The van der Waals surface area contributed by atoms with Gasteiger partial charge in [0.25, 0.3) is 0 Å². The molecule has 0 saturated carbocycles. The van der Waals surface area contributed by atoms with E-state index in [1.807, 2.05) is 30.3 Å². The Balaban J connectivity index is 2.07. The number of aromatic nitrogens is 1. The number of methoxy groups -OCH3 is 1. The Bertz CT molecular complexity index is 1020. The van der Waals surface area contributed by atoms with Crippen LogP contribution in [0.4, 0.5) is 0 Å². The van der Waals surface area contributed by atoms with Gasteiger partial charge in [0.2, 0.25) is 6.79 Å². The zero-order valence-electron chi connectivity index (χ0n) is 22.4. The van der Waals surface area contributed by atoms with Crippen LogP contribution in [-0.4, -0.2) is 55.4 Å². The highest BCUT2D eigenvalue weighted by atomic mass is 16.7. The molecule has 0 spiro atoms. The van der Waals surface area contributed by atoms with E-state index in [4.69, 9.17) is 23.7 Å². The Morgan fingerprint density at radius 2 is 1.70 bits per heavy atom. The van der Waals surface area contributed by atoms with Gasteiger partial charge in [-0.15, -0.1) is 0 Å². The molecule has 0 fully saturated rings. The summed E-state index contributed by atoms with van der Waals surface area (Å²) >= 11 is 0. The van der Waals surface area contributed by atoms with E-state index in [1.54, 1.807) is 13.8 Å². The van der Waals surface area contributed by atoms with Gasteiger partial charge in [-0.05, 0) is 18.4 Å². The van der Waals surface area contributed by atoms with Crippen molar-refractivity contribution >= 4 is 17.7 Å². The van der Waals surface area contributed by atoms with Gasteiger partial charge in [-0.3, -0.25) is 14.4 Å². The van der Waals surface area contributed by atoms with Crippen molar-refractivity contribution in [1.82, 2.24) is 4.98 Å². The molecule has 37 heavy (non-hydrogen) atoms. The molecule has 0 aliphatic rings. The highest BCUT2D eigenvalue weighted by molar-refractivity contribution is 5.99. The van der Waals surface area contributed by atoms with Crippen LogP contribution < -0.4 is 9.47 Å². The first-order chi connectivity index (χ1) is 17.6. The second kappa shape index (κ2) is 14.9. The summed E-state index contributed by atoms with van der Waals surface area (Å²) in [6.45, 7) is 8.89. The zero-order chi connectivity index (χ0) is 27.4. The smallest absolute Gasteiger partial charge is 0.309 e. The lowest BCUT2D eigenvalue weighted by molar-refractivity contribution is -0.161. The number of hydrogen-bond donors (Lipinski definition) is 0. The predicted octanol–water partition coefficient (Wildman–Crippen LogP) is 4.41. The highest BCUT2D eigenvalue weighted by Gasteiger charge is 2.28. The van der Waals surface area contributed by atoms with Crippen molar-refractivity contribution in [1.29, 1.82) is 0 Å². The average molecular weight is 516 g/mol. The molecule has 3 atom stereocenters. The molecule has 1 aromatic heterocycles. The van der Waals surface area contributed by atoms with Crippen molar-refractivity contribution in [2.75, 3.05) is 20.5 Å².